The van der Waals surface area contributed by atoms with Crippen molar-refractivity contribution < 1.29 is 18.7 Å². The molecule has 0 bridgehead atoms. The largest absolute Gasteiger partial charge is 0.469 e. The van der Waals surface area contributed by atoms with E-state index in [1.165, 1.54) is 36.3 Å². The second-order valence-electron chi connectivity index (χ2n) is 3.90. The van der Waals surface area contributed by atoms with Gasteiger partial charge in [0.15, 0.2) is 0 Å². The lowest BCUT2D eigenvalue weighted by Crippen LogP contribution is -2.26. The molecule has 1 heterocycles. The van der Waals surface area contributed by atoms with E-state index in [9.17, 15) is 14.0 Å². The number of rotatable bonds is 2. The van der Waals surface area contributed by atoms with Gasteiger partial charge in [-0.15, -0.1) is 0 Å². The number of hydrogen-bond acceptors (Lipinski definition) is 3. The lowest BCUT2D eigenvalue weighted by molar-refractivity contribution is -0.145. The number of halogens is 1. The van der Waals surface area contributed by atoms with Crippen LogP contribution in [0, 0.1) is 11.7 Å². The minimum absolute atomic E-state index is 0.143. The molecule has 5 heteroatoms. The summed E-state index contributed by atoms with van der Waals surface area (Å²) in [6, 6.07) is 5.61. The van der Waals surface area contributed by atoms with Crippen molar-refractivity contribution in [2.24, 2.45) is 5.92 Å². The van der Waals surface area contributed by atoms with E-state index in [2.05, 4.69) is 4.74 Å². The molecule has 0 unspecified atom stereocenters. The van der Waals surface area contributed by atoms with E-state index in [1.54, 1.807) is 0 Å². The molecule has 0 saturated carbocycles. The van der Waals surface area contributed by atoms with Crippen LogP contribution in [-0.4, -0.2) is 25.5 Å². The number of benzene rings is 1. The zero-order valence-electron chi connectivity index (χ0n) is 9.35. The van der Waals surface area contributed by atoms with Gasteiger partial charge in [-0.3, -0.25) is 9.59 Å². The Labute approximate surface area is 98.0 Å². The summed E-state index contributed by atoms with van der Waals surface area (Å²) in [7, 11) is 1.30. The average Bonchev–Trinajstić information content (AvgIpc) is 2.71. The van der Waals surface area contributed by atoms with Crippen LogP contribution in [0.2, 0.25) is 0 Å². The van der Waals surface area contributed by atoms with Crippen LogP contribution in [0.5, 0.6) is 0 Å². The predicted octanol–water partition coefficient (Wildman–Crippen LogP) is 1.35. The summed E-state index contributed by atoms with van der Waals surface area (Å²) in [5.41, 5.74) is 0.600. The number of methoxy groups -OCH3 is 1. The van der Waals surface area contributed by atoms with Gasteiger partial charge in [-0.25, -0.2) is 4.39 Å². The monoisotopic (exact) mass is 237 g/mol. The maximum atomic E-state index is 12.8. The summed E-state index contributed by atoms with van der Waals surface area (Å²) in [6.07, 6.45) is 0.143. The third-order valence-electron chi connectivity index (χ3n) is 2.80. The Morgan fingerprint density at radius 1 is 1.41 bits per heavy atom. The number of nitrogens with zero attached hydrogens (tertiary/aromatic N) is 1. The van der Waals surface area contributed by atoms with E-state index < -0.39 is 5.92 Å². The highest BCUT2D eigenvalue weighted by molar-refractivity contribution is 5.99. The molecule has 4 nitrogen and oxygen atoms in total. The van der Waals surface area contributed by atoms with Crippen molar-refractivity contribution in [3.63, 3.8) is 0 Å². The molecule has 1 aliphatic heterocycles. The fraction of sp³-hybridized carbons (Fsp3) is 0.333. The lowest BCUT2D eigenvalue weighted by Gasteiger charge is -2.16. The summed E-state index contributed by atoms with van der Waals surface area (Å²) in [5.74, 6) is -1.32. The van der Waals surface area contributed by atoms with Gasteiger partial charge < -0.3 is 9.64 Å². The first-order valence-electron chi connectivity index (χ1n) is 5.25. The maximum absolute atomic E-state index is 12.8. The number of carbonyl (C=O) groups excluding carboxylic acids is 2. The first-order chi connectivity index (χ1) is 8.11. The van der Waals surface area contributed by atoms with Gasteiger partial charge in [0.2, 0.25) is 5.91 Å². The van der Waals surface area contributed by atoms with Crippen LogP contribution in [0.25, 0.3) is 0 Å². The Morgan fingerprint density at radius 2 is 2.06 bits per heavy atom. The number of ether oxygens (including phenoxy) is 1. The van der Waals surface area contributed by atoms with Crippen molar-refractivity contribution in [1.82, 2.24) is 0 Å². The standard InChI is InChI=1S/C12H12FNO3/c1-17-12(16)8-6-11(15)14(7-8)10-4-2-9(13)3-5-10/h2-5,8H,6-7H2,1H3/t8-/m0/s1. The summed E-state index contributed by atoms with van der Waals surface area (Å²) in [5, 5.41) is 0. The molecule has 0 aliphatic carbocycles. The third-order valence-corrected chi connectivity index (χ3v) is 2.80. The lowest BCUT2D eigenvalue weighted by atomic mass is 10.1. The average molecular weight is 237 g/mol. The van der Waals surface area contributed by atoms with Gasteiger partial charge in [-0.2, -0.15) is 0 Å². The van der Waals surface area contributed by atoms with Crippen molar-refractivity contribution in [3.05, 3.63) is 30.1 Å². The van der Waals surface area contributed by atoms with Crippen molar-refractivity contribution in [2.75, 3.05) is 18.6 Å². The highest BCUT2D eigenvalue weighted by Crippen LogP contribution is 2.25. The van der Waals surface area contributed by atoms with Gasteiger partial charge >= 0.3 is 5.97 Å². The molecular weight excluding hydrogens is 225 g/mol. The van der Waals surface area contributed by atoms with Gasteiger partial charge in [0.25, 0.3) is 0 Å². The van der Waals surface area contributed by atoms with Gasteiger partial charge in [0.05, 0.1) is 13.0 Å². The molecule has 90 valence electrons. The molecule has 1 atom stereocenters. The molecule has 1 aromatic carbocycles. The number of carbonyl (C=O) groups is 2. The summed E-state index contributed by atoms with van der Waals surface area (Å²) in [6.45, 7) is 0.289. The summed E-state index contributed by atoms with van der Waals surface area (Å²) >= 11 is 0. The van der Waals surface area contributed by atoms with E-state index in [0.29, 0.717) is 5.69 Å². The van der Waals surface area contributed by atoms with Crippen molar-refractivity contribution in [3.8, 4) is 0 Å². The maximum Gasteiger partial charge on any atom is 0.311 e. The predicted molar refractivity (Wildman–Crippen MR) is 58.9 cm³/mol. The molecule has 1 aromatic rings. The Kier molecular flexibility index (Phi) is 3.08. The van der Waals surface area contributed by atoms with E-state index in [4.69, 9.17) is 0 Å². The van der Waals surface area contributed by atoms with Crippen molar-refractivity contribution in [1.29, 1.82) is 0 Å². The molecule has 1 saturated heterocycles. The normalized spacial score (nSPS) is 19.5. The first-order valence-corrected chi connectivity index (χ1v) is 5.25. The number of hydrogen-bond donors (Lipinski definition) is 0. The summed E-state index contributed by atoms with van der Waals surface area (Å²) < 4.78 is 17.4. The Morgan fingerprint density at radius 3 is 2.65 bits per heavy atom. The molecule has 0 spiro atoms. The number of anilines is 1. The van der Waals surface area contributed by atoms with E-state index in [1.807, 2.05) is 0 Å². The van der Waals surface area contributed by atoms with Crippen LogP contribution >= 0.6 is 0 Å². The zero-order chi connectivity index (χ0) is 12.4. The smallest absolute Gasteiger partial charge is 0.311 e. The van der Waals surface area contributed by atoms with Gasteiger partial charge in [0.1, 0.15) is 5.82 Å². The SMILES string of the molecule is COC(=O)[C@H]1CC(=O)N(c2ccc(F)cc2)C1. The highest BCUT2D eigenvalue weighted by Gasteiger charge is 2.35. The molecular formula is C12H12FNO3. The second kappa shape index (κ2) is 4.53. The molecule has 1 fully saturated rings. The van der Waals surface area contributed by atoms with Gasteiger partial charge in [-0.1, -0.05) is 0 Å². The minimum Gasteiger partial charge on any atom is -0.469 e. The molecule has 0 N–H and O–H groups in total. The molecule has 1 amide bonds. The quantitative estimate of drug-likeness (QED) is 0.729. The van der Waals surface area contributed by atoms with E-state index in [0.717, 1.165) is 0 Å². The van der Waals surface area contributed by atoms with Gasteiger partial charge in [0, 0.05) is 18.7 Å². The molecule has 17 heavy (non-hydrogen) atoms. The van der Waals surface area contributed by atoms with Crippen LogP contribution < -0.4 is 4.90 Å². The van der Waals surface area contributed by atoms with Crippen LogP contribution in [0.15, 0.2) is 24.3 Å². The molecule has 0 radical (unpaired) electrons. The van der Waals surface area contributed by atoms with Crippen LogP contribution in [-0.2, 0) is 14.3 Å². The van der Waals surface area contributed by atoms with E-state index in [-0.39, 0.29) is 30.7 Å². The van der Waals surface area contributed by atoms with Gasteiger partial charge in [-0.05, 0) is 24.3 Å². The second-order valence-corrected chi connectivity index (χ2v) is 3.90. The number of amides is 1. The van der Waals surface area contributed by atoms with Crippen molar-refractivity contribution in [2.45, 2.75) is 6.42 Å². The Hall–Kier alpha value is -1.91. The van der Waals surface area contributed by atoms with Crippen molar-refractivity contribution >= 4 is 17.6 Å². The molecule has 1 aliphatic rings. The topological polar surface area (TPSA) is 46.6 Å². The molecule has 0 aromatic heterocycles. The third kappa shape index (κ3) is 2.27. The minimum atomic E-state index is -0.433. The van der Waals surface area contributed by atoms with Crippen LogP contribution in [0.3, 0.4) is 0 Å². The molecule has 2 rings (SSSR count). The Balaban J connectivity index is 2.15. The fourth-order valence-electron chi connectivity index (χ4n) is 1.90. The van der Waals surface area contributed by atoms with Crippen LogP contribution in [0.4, 0.5) is 10.1 Å². The van der Waals surface area contributed by atoms with E-state index >= 15 is 0 Å². The highest BCUT2D eigenvalue weighted by atomic mass is 19.1. The first kappa shape index (κ1) is 11.6. The number of esters is 1. The zero-order valence-corrected chi connectivity index (χ0v) is 9.35. The van der Waals surface area contributed by atoms with Crippen LogP contribution in [0.1, 0.15) is 6.42 Å². The fourth-order valence-corrected chi connectivity index (χ4v) is 1.90. The Bertz CT molecular complexity index is 444. The summed E-state index contributed by atoms with van der Waals surface area (Å²) in [4.78, 5) is 24.5.